The zero-order valence-corrected chi connectivity index (χ0v) is 10.2. The molecule has 2 nitrogen and oxygen atoms in total. The first-order chi connectivity index (χ1) is 7.19. The highest BCUT2D eigenvalue weighted by Gasteiger charge is 2.08. The molecule has 0 amide bonds. The molecule has 0 radical (unpaired) electrons. The van der Waals surface area contributed by atoms with Gasteiger partial charge in [0.1, 0.15) is 0 Å². The van der Waals surface area contributed by atoms with Gasteiger partial charge in [-0.05, 0) is 31.2 Å². The van der Waals surface area contributed by atoms with Crippen molar-refractivity contribution in [3.8, 4) is 0 Å². The van der Waals surface area contributed by atoms with Crippen LogP contribution >= 0.6 is 0 Å². The van der Waals surface area contributed by atoms with E-state index < -0.39 is 0 Å². The van der Waals surface area contributed by atoms with Crippen molar-refractivity contribution in [1.82, 2.24) is 5.32 Å². The van der Waals surface area contributed by atoms with E-state index in [2.05, 4.69) is 55.5 Å². The van der Waals surface area contributed by atoms with Crippen LogP contribution in [0.3, 0.4) is 0 Å². The van der Waals surface area contributed by atoms with E-state index in [-0.39, 0.29) is 0 Å². The Labute approximate surface area is 93.3 Å². The number of hydrogen-bond acceptors (Lipinski definition) is 2. The largest absolute Gasteiger partial charge is 0.378 e. The van der Waals surface area contributed by atoms with Crippen molar-refractivity contribution in [1.29, 1.82) is 0 Å². The molecule has 1 aromatic carbocycles. The molecule has 15 heavy (non-hydrogen) atoms. The molecular formula is C13H22N2. The van der Waals surface area contributed by atoms with Crippen molar-refractivity contribution in [3.63, 3.8) is 0 Å². The van der Waals surface area contributed by atoms with Crippen molar-refractivity contribution in [2.75, 3.05) is 26.0 Å². The molecule has 1 N–H and O–H groups in total. The van der Waals surface area contributed by atoms with E-state index in [9.17, 15) is 0 Å². The SMILES string of the molecule is CCCC(NC)c1cccc(N(C)C)c1. The highest BCUT2D eigenvalue weighted by Crippen LogP contribution is 2.22. The van der Waals surface area contributed by atoms with Gasteiger partial charge in [0.05, 0.1) is 0 Å². The molecule has 0 spiro atoms. The maximum Gasteiger partial charge on any atom is 0.0364 e. The lowest BCUT2D eigenvalue weighted by Crippen LogP contribution is -2.17. The Hall–Kier alpha value is -1.02. The minimum absolute atomic E-state index is 0.481. The molecule has 1 rings (SSSR count). The van der Waals surface area contributed by atoms with Gasteiger partial charge in [-0.15, -0.1) is 0 Å². The molecule has 1 unspecified atom stereocenters. The molecule has 0 aliphatic carbocycles. The van der Waals surface area contributed by atoms with Gasteiger partial charge in [-0.3, -0.25) is 0 Å². The first-order valence-corrected chi connectivity index (χ1v) is 5.63. The molecular weight excluding hydrogens is 184 g/mol. The maximum absolute atomic E-state index is 3.37. The van der Waals surface area contributed by atoms with E-state index in [4.69, 9.17) is 0 Å². The monoisotopic (exact) mass is 206 g/mol. The molecule has 84 valence electrons. The molecule has 0 bridgehead atoms. The maximum atomic E-state index is 3.37. The van der Waals surface area contributed by atoms with Crippen molar-refractivity contribution in [2.24, 2.45) is 0 Å². The molecule has 0 aliphatic heterocycles. The van der Waals surface area contributed by atoms with Gasteiger partial charge in [0.25, 0.3) is 0 Å². The molecule has 0 saturated heterocycles. The summed E-state index contributed by atoms with van der Waals surface area (Å²) >= 11 is 0. The summed E-state index contributed by atoms with van der Waals surface area (Å²) in [5.41, 5.74) is 2.65. The normalized spacial score (nSPS) is 12.5. The summed E-state index contributed by atoms with van der Waals surface area (Å²) < 4.78 is 0. The summed E-state index contributed by atoms with van der Waals surface area (Å²) in [6.45, 7) is 2.22. The van der Waals surface area contributed by atoms with Crippen LogP contribution in [-0.4, -0.2) is 21.1 Å². The summed E-state index contributed by atoms with van der Waals surface area (Å²) in [7, 11) is 6.18. The van der Waals surface area contributed by atoms with Crippen LogP contribution in [0.4, 0.5) is 5.69 Å². The second kappa shape index (κ2) is 5.76. The summed E-state index contributed by atoms with van der Waals surface area (Å²) in [6, 6.07) is 9.21. The van der Waals surface area contributed by atoms with Gasteiger partial charge < -0.3 is 10.2 Å². The van der Waals surface area contributed by atoms with Crippen LogP contribution < -0.4 is 10.2 Å². The van der Waals surface area contributed by atoms with Gasteiger partial charge in [-0.2, -0.15) is 0 Å². The first-order valence-electron chi connectivity index (χ1n) is 5.63. The van der Waals surface area contributed by atoms with Gasteiger partial charge in [0, 0.05) is 25.8 Å². The Bertz CT molecular complexity index is 294. The van der Waals surface area contributed by atoms with Crippen LogP contribution in [0.1, 0.15) is 31.4 Å². The van der Waals surface area contributed by atoms with Crippen molar-refractivity contribution < 1.29 is 0 Å². The zero-order valence-electron chi connectivity index (χ0n) is 10.2. The van der Waals surface area contributed by atoms with Crippen molar-refractivity contribution in [2.45, 2.75) is 25.8 Å². The quantitative estimate of drug-likeness (QED) is 0.797. The third kappa shape index (κ3) is 3.24. The standard InChI is InChI=1S/C13H22N2/c1-5-7-13(14-2)11-8-6-9-12(10-11)15(3)4/h6,8-10,13-14H,5,7H2,1-4H3. The predicted molar refractivity (Wildman–Crippen MR) is 67.5 cm³/mol. The highest BCUT2D eigenvalue weighted by atomic mass is 15.1. The van der Waals surface area contributed by atoms with E-state index in [1.807, 2.05) is 7.05 Å². The zero-order chi connectivity index (χ0) is 11.3. The number of benzene rings is 1. The topological polar surface area (TPSA) is 15.3 Å². The fourth-order valence-corrected chi connectivity index (χ4v) is 1.79. The highest BCUT2D eigenvalue weighted by molar-refractivity contribution is 5.47. The first kappa shape index (κ1) is 12.1. The Balaban J connectivity index is 2.87. The lowest BCUT2D eigenvalue weighted by molar-refractivity contribution is 0.541. The fourth-order valence-electron chi connectivity index (χ4n) is 1.79. The number of anilines is 1. The molecule has 1 aromatic rings. The van der Waals surface area contributed by atoms with Crippen LogP contribution in [-0.2, 0) is 0 Å². The minimum atomic E-state index is 0.481. The van der Waals surface area contributed by atoms with Crippen LogP contribution in [0.25, 0.3) is 0 Å². The van der Waals surface area contributed by atoms with Gasteiger partial charge in [0.2, 0.25) is 0 Å². The Morgan fingerprint density at radius 2 is 2.07 bits per heavy atom. The fraction of sp³-hybridized carbons (Fsp3) is 0.538. The molecule has 1 atom stereocenters. The number of nitrogens with zero attached hydrogens (tertiary/aromatic N) is 1. The van der Waals surface area contributed by atoms with Crippen molar-refractivity contribution in [3.05, 3.63) is 29.8 Å². The molecule has 2 heteroatoms. The average Bonchev–Trinajstić information content (AvgIpc) is 2.26. The smallest absolute Gasteiger partial charge is 0.0364 e. The number of nitrogens with one attached hydrogen (secondary N) is 1. The molecule has 0 aromatic heterocycles. The Morgan fingerprint density at radius 1 is 1.33 bits per heavy atom. The van der Waals surface area contributed by atoms with Crippen molar-refractivity contribution >= 4 is 5.69 Å². The molecule has 0 aliphatic rings. The summed E-state index contributed by atoms with van der Waals surface area (Å²) in [6.07, 6.45) is 2.39. The van der Waals surface area contributed by atoms with E-state index in [0.29, 0.717) is 6.04 Å². The Kier molecular flexibility index (Phi) is 4.63. The summed E-state index contributed by atoms with van der Waals surface area (Å²) in [4.78, 5) is 2.14. The van der Waals surface area contributed by atoms with E-state index in [1.54, 1.807) is 0 Å². The lowest BCUT2D eigenvalue weighted by Gasteiger charge is -2.19. The van der Waals surface area contributed by atoms with E-state index >= 15 is 0 Å². The molecule has 0 saturated carbocycles. The van der Waals surface area contributed by atoms with Gasteiger partial charge in [0.15, 0.2) is 0 Å². The van der Waals surface area contributed by atoms with E-state index in [1.165, 1.54) is 24.1 Å². The summed E-state index contributed by atoms with van der Waals surface area (Å²) in [5.74, 6) is 0. The average molecular weight is 206 g/mol. The van der Waals surface area contributed by atoms with Gasteiger partial charge >= 0.3 is 0 Å². The second-order valence-electron chi connectivity index (χ2n) is 4.12. The molecule has 0 heterocycles. The van der Waals surface area contributed by atoms with Gasteiger partial charge in [-0.1, -0.05) is 25.5 Å². The Morgan fingerprint density at radius 3 is 2.60 bits per heavy atom. The predicted octanol–water partition coefficient (Wildman–Crippen LogP) is 2.81. The second-order valence-corrected chi connectivity index (χ2v) is 4.12. The molecule has 0 fully saturated rings. The third-order valence-electron chi connectivity index (χ3n) is 2.71. The van der Waals surface area contributed by atoms with Gasteiger partial charge in [-0.25, -0.2) is 0 Å². The van der Waals surface area contributed by atoms with Crippen LogP contribution in [0, 0.1) is 0 Å². The van der Waals surface area contributed by atoms with Crippen LogP contribution in [0.2, 0.25) is 0 Å². The number of hydrogen-bond donors (Lipinski definition) is 1. The van der Waals surface area contributed by atoms with Crippen LogP contribution in [0.15, 0.2) is 24.3 Å². The third-order valence-corrected chi connectivity index (χ3v) is 2.71. The lowest BCUT2D eigenvalue weighted by atomic mass is 10.0. The summed E-state index contributed by atoms with van der Waals surface area (Å²) in [5, 5.41) is 3.37. The van der Waals surface area contributed by atoms with E-state index in [0.717, 1.165) is 0 Å². The van der Waals surface area contributed by atoms with Crippen LogP contribution in [0.5, 0.6) is 0 Å². The minimum Gasteiger partial charge on any atom is -0.378 e. The number of rotatable bonds is 5.